The van der Waals surface area contributed by atoms with Crippen molar-refractivity contribution in [3.8, 4) is 0 Å². The van der Waals surface area contributed by atoms with E-state index in [2.05, 4.69) is 9.97 Å². The summed E-state index contributed by atoms with van der Waals surface area (Å²) in [5.74, 6) is -1.23. The third kappa shape index (κ3) is 3.54. The second kappa shape index (κ2) is 7.22. The molecule has 0 aliphatic rings. The van der Waals surface area contributed by atoms with Gasteiger partial charge in [-0.3, -0.25) is 9.20 Å². The number of benzene rings is 2. The molecule has 4 rings (SSSR count). The van der Waals surface area contributed by atoms with Crippen molar-refractivity contribution in [1.82, 2.24) is 19.3 Å². The van der Waals surface area contributed by atoms with Gasteiger partial charge < -0.3 is 10.6 Å². The van der Waals surface area contributed by atoms with Gasteiger partial charge in [0, 0.05) is 13.1 Å². The van der Waals surface area contributed by atoms with Gasteiger partial charge in [-0.05, 0) is 30.7 Å². The van der Waals surface area contributed by atoms with Crippen LogP contribution in [0.3, 0.4) is 0 Å². The SMILES string of the molecule is C[C@H](c1ccc(C(F)(F)F)cc1)N(C)C(=O)c1cc2c(cc1F)nc(N)c1cncn12. The number of rotatable bonds is 3. The van der Waals surface area contributed by atoms with Crippen LogP contribution >= 0.6 is 0 Å². The fourth-order valence-corrected chi connectivity index (χ4v) is 3.40. The average Bonchev–Trinajstić information content (AvgIpc) is 3.22. The first kappa shape index (κ1) is 20.6. The summed E-state index contributed by atoms with van der Waals surface area (Å²) in [7, 11) is 1.46. The average molecular weight is 431 g/mol. The Kier molecular flexibility index (Phi) is 4.79. The zero-order valence-corrected chi connectivity index (χ0v) is 16.5. The van der Waals surface area contributed by atoms with Gasteiger partial charge in [-0.15, -0.1) is 0 Å². The monoisotopic (exact) mass is 431 g/mol. The maximum atomic E-state index is 14.8. The second-order valence-electron chi connectivity index (χ2n) is 7.18. The number of nitrogens with two attached hydrogens (primary N) is 1. The highest BCUT2D eigenvalue weighted by Gasteiger charge is 2.30. The Morgan fingerprint density at radius 2 is 1.84 bits per heavy atom. The van der Waals surface area contributed by atoms with E-state index in [0.717, 1.165) is 18.2 Å². The molecule has 0 saturated carbocycles. The summed E-state index contributed by atoms with van der Waals surface area (Å²) < 4.78 is 54.7. The van der Waals surface area contributed by atoms with E-state index >= 15 is 0 Å². The molecule has 2 aromatic carbocycles. The van der Waals surface area contributed by atoms with Crippen molar-refractivity contribution >= 4 is 28.3 Å². The number of carbonyl (C=O) groups is 1. The molecule has 10 heteroatoms. The van der Waals surface area contributed by atoms with Crippen molar-refractivity contribution < 1.29 is 22.4 Å². The molecule has 0 unspecified atom stereocenters. The van der Waals surface area contributed by atoms with E-state index in [-0.39, 0.29) is 16.9 Å². The summed E-state index contributed by atoms with van der Waals surface area (Å²) in [5.41, 5.74) is 6.59. The lowest BCUT2D eigenvalue weighted by Gasteiger charge is -2.26. The second-order valence-corrected chi connectivity index (χ2v) is 7.18. The number of halogens is 4. The van der Waals surface area contributed by atoms with Crippen LogP contribution in [0.5, 0.6) is 0 Å². The van der Waals surface area contributed by atoms with Crippen molar-refractivity contribution in [3.05, 3.63) is 71.4 Å². The number of nitrogen functional groups attached to an aromatic ring is 1. The van der Waals surface area contributed by atoms with Crippen molar-refractivity contribution in [3.63, 3.8) is 0 Å². The van der Waals surface area contributed by atoms with E-state index in [1.807, 2.05) is 0 Å². The predicted octanol–water partition coefficient (Wildman–Crippen LogP) is 4.46. The molecule has 0 fully saturated rings. The molecule has 6 nitrogen and oxygen atoms in total. The van der Waals surface area contributed by atoms with Crippen LogP contribution < -0.4 is 5.73 Å². The Labute approximate surface area is 173 Å². The minimum atomic E-state index is -4.45. The van der Waals surface area contributed by atoms with Crippen LogP contribution in [-0.4, -0.2) is 32.2 Å². The Hall–Kier alpha value is -3.69. The largest absolute Gasteiger partial charge is 0.416 e. The molecule has 1 atom stereocenters. The number of aromatic nitrogens is 3. The molecule has 2 N–H and O–H groups in total. The third-order valence-electron chi connectivity index (χ3n) is 5.32. The standard InChI is InChI=1S/C21H17F4N5O/c1-11(12-3-5-13(6-4-12)21(23,24)25)29(2)20(31)14-7-17-16(8-15(14)22)28-19(26)18-9-27-10-30(17)18/h3-11H,1-2H3,(H2,26,28)/t11-/m1/s1. The Morgan fingerprint density at radius 1 is 1.16 bits per heavy atom. The molecule has 0 aliphatic heterocycles. The number of fused-ring (bicyclic) bond motifs is 3. The van der Waals surface area contributed by atoms with E-state index in [9.17, 15) is 22.4 Å². The number of hydrogen-bond acceptors (Lipinski definition) is 4. The summed E-state index contributed by atoms with van der Waals surface area (Å²) in [6.45, 7) is 1.65. The first-order chi connectivity index (χ1) is 14.6. The van der Waals surface area contributed by atoms with Gasteiger partial charge in [-0.2, -0.15) is 13.2 Å². The van der Waals surface area contributed by atoms with Gasteiger partial charge in [0.2, 0.25) is 0 Å². The number of imidazole rings is 1. The summed E-state index contributed by atoms with van der Waals surface area (Å²) in [4.78, 5) is 22.5. The van der Waals surface area contributed by atoms with E-state index in [4.69, 9.17) is 5.73 Å². The molecule has 0 saturated heterocycles. The normalized spacial score (nSPS) is 13.0. The van der Waals surface area contributed by atoms with Gasteiger partial charge in [0.15, 0.2) is 0 Å². The molecule has 0 bridgehead atoms. The number of amides is 1. The van der Waals surface area contributed by atoms with Gasteiger partial charge in [-0.25, -0.2) is 14.4 Å². The van der Waals surface area contributed by atoms with E-state index in [1.54, 1.807) is 11.3 Å². The Bertz CT molecular complexity index is 1300. The van der Waals surface area contributed by atoms with Crippen molar-refractivity contribution in [2.45, 2.75) is 19.1 Å². The van der Waals surface area contributed by atoms with Gasteiger partial charge in [0.05, 0.1) is 40.7 Å². The third-order valence-corrected chi connectivity index (χ3v) is 5.32. The number of alkyl halides is 3. The lowest BCUT2D eigenvalue weighted by molar-refractivity contribution is -0.137. The zero-order valence-electron chi connectivity index (χ0n) is 16.5. The summed E-state index contributed by atoms with van der Waals surface area (Å²) >= 11 is 0. The minimum Gasteiger partial charge on any atom is -0.382 e. The Balaban J connectivity index is 1.69. The van der Waals surface area contributed by atoms with Crippen LogP contribution in [-0.2, 0) is 6.18 Å². The zero-order chi connectivity index (χ0) is 22.5. The van der Waals surface area contributed by atoms with Crippen molar-refractivity contribution in [2.24, 2.45) is 0 Å². The van der Waals surface area contributed by atoms with Gasteiger partial charge >= 0.3 is 6.18 Å². The molecular formula is C21H17F4N5O. The highest BCUT2D eigenvalue weighted by atomic mass is 19.4. The molecule has 31 heavy (non-hydrogen) atoms. The van der Waals surface area contributed by atoms with Crippen molar-refractivity contribution in [1.29, 1.82) is 0 Å². The van der Waals surface area contributed by atoms with Crippen LogP contribution in [0.4, 0.5) is 23.4 Å². The fourth-order valence-electron chi connectivity index (χ4n) is 3.40. The summed E-state index contributed by atoms with van der Waals surface area (Å²) in [6.07, 6.45) is -1.46. The van der Waals surface area contributed by atoms with Gasteiger partial charge in [0.25, 0.3) is 5.91 Å². The maximum Gasteiger partial charge on any atom is 0.416 e. The van der Waals surface area contributed by atoms with Crippen LogP contribution in [0.15, 0.2) is 48.9 Å². The molecule has 1 amide bonds. The van der Waals surface area contributed by atoms with Crippen LogP contribution in [0, 0.1) is 5.82 Å². The molecule has 0 radical (unpaired) electrons. The molecule has 0 aliphatic carbocycles. The van der Waals surface area contributed by atoms with Crippen LogP contribution in [0.25, 0.3) is 16.6 Å². The number of anilines is 1. The quantitative estimate of drug-likeness (QED) is 0.486. The topological polar surface area (TPSA) is 76.5 Å². The molecule has 2 heterocycles. The first-order valence-corrected chi connectivity index (χ1v) is 9.23. The first-order valence-electron chi connectivity index (χ1n) is 9.23. The van der Waals surface area contributed by atoms with Gasteiger partial charge in [-0.1, -0.05) is 12.1 Å². The van der Waals surface area contributed by atoms with E-state index < -0.39 is 29.5 Å². The molecular weight excluding hydrogens is 414 g/mol. The van der Waals surface area contributed by atoms with E-state index in [0.29, 0.717) is 16.6 Å². The number of hydrogen-bond donors (Lipinski definition) is 1. The van der Waals surface area contributed by atoms with E-state index in [1.165, 1.54) is 42.7 Å². The molecule has 2 aromatic heterocycles. The predicted molar refractivity (Wildman–Crippen MR) is 107 cm³/mol. The van der Waals surface area contributed by atoms with Crippen LogP contribution in [0.1, 0.15) is 34.5 Å². The van der Waals surface area contributed by atoms with Gasteiger partial charge in [0.1, 0.15) is 17.2 Å². The number of nitrogens with zero attached hydrogens (tertiary/aromatic N) is 4. The highest BCUT2D eigenvalue weighted by Crippen LogP contribution is 2.31. The summed E-state index contributed by atoms with van der Waals surface area (Å²) in [5, 5.41) is 0. The highest BCUT2D eigenvalue weighted by molar-refractivity contribution is 5.98. The number of carbonyl (C=O) groups excluding carboxylic acids is 1. The minimum absolute atomic E-state index is 0.177. The molecule has 0 spiro atoms. The lowest BCUT2D eigenvalue weighted by Crippen LogP contribution is -2.30. The molecule has 4 aromatic rings. The fraction of sp³-hybridized carbons (Fsp3) is 0.190. The Morgan fingerprint density at radius 3 is 2.48 bits per heavy atom. The summed E-state index contributed by atoms with van der Waals surface area (Å²) in [6, 6.07) is 6.40. The van der Waals surface area contributed by atoms with Crippen molar-refractivity contribution in [2.75, 3.05) is 12.8 Å². The maximum absolute atomic E-state index is 14.8. The van der Waals surface area contributed by atoms with Crippen LogP contribution in [0.2, 0.25) is 0 Å². The molecule has 160 valence electrons. The smallest absolute Gasteiger partial charge is 0.382 e. The lowest BCUT2D eigenvalue weighted by atomic mass is 10.0.